The minimum Gasteiger partial charge on any atom is -0.481 e. The van der Waals surface area contributed by atoms with E-state index in [1.165, 1.54) is 7.11 Å². The van der Waals surface area contributed by atoms with E-state index in [9.17, 15) is 4.79 Å². The summed E-state index contributed by atoms with van der Waals surface area (Å²) in [5.74, 6) is -0.418. The molecule has 2 rings (SSSR count). The third-order valence-corrected chi connectivity index (χ3v) is 2.58. The smallest absolute Gasteiger partial charge is 0.307 e. The van der Waals surface area contributed by atoms with Crippen LogP contribution < -0.4 is 4.74 Å². The Morgan fingerprint density at radius 3 is 2.82 bits per heavy atom. The first kappa shape index (κ1) is 11.4. The molecule has 4 nitrogen and oxygen atoms in total. The molecule has 1 heterocycles. The lowest BCUT2D eigenvalue weighted by atomic mass is 10.0. The summed E-state index contributed by atoms with van der Waals surface area (Å²) in [7, 11) is 1.52. The number of methoxy groups -OCH3 is 1. The normalized spacial score (nSPS) is 10.5. The zero-order valence-corrected chi connectivity index (χ0v) is 9.73. The molecule has 2 aromatic rings. The van der Waals surface area contributed by atoms with Crippen molar-refractivity contribution >= 4 is 16.9 Å². The van der Waals surface area contributed by atoms with Crippen LogP contribution in [0.2, 0.25) is 0 Å². The number of fused-ring (bicyclic) bond motifs is 1. The maximum absolute atomic E-state index is 10.8. The van der Waals surface area contributed by atoms with Crippen LogP contribution in [0.3, 0.4) is 0 Å². The third-order valence-electron chi connectivity index (χ3n) is 2.58. The van der Waals surface area contributed by atoms with E-state index in [1.807, 2.05) is 25.1 Å². The molecule has 0 saturated carbocycles. The molecule has 0 aliphatic carbocycles. The number of aromatic nitrogens is 1. The number of hydrogen-bond donors (Lipinski definition) is 1. The van der Waals surface area contributed by atoms with Crippen molar-refractivity contribution in [2.24, 2.45) is 0 Å². The Labute approximate surface area is 98.9 Å². The van der Waals surface area contributed by atoms with Crippen LogP contribution in [0.15, 0.2) is 24.3 Å². The van der Waals surface area contributed by atoms with E-state index in [4.69, 9.17) is 9.84 Å². The summed E-state index contributed by atoms with van der Waals surface area (Å²) in [6.07, 6.45) is -0.0289. The number of ether oxygens (including phenoxy) is 1. The number of carboxylic acids is 1. The summed E-state index contributed by atoms with van der Waals surface area (Å²) in [5.41, 5.74) is 2.56. The minimum absolute atomic E-state index is 0.0289. The van der Waals surface area contributed by atoms with Crippen molar-refractivity contribution < 1.29 is 14.6 Å². The van der Waals surface area contributed by atoms with Gasteiger partial charge >= 0.3 is 5.97 Å². The highest BCUT2D eigenvalue weighted by atomic mass is 16.5. The predicted molar refractivity (Wildman–Crippen MR) is 64.4 cm³/mol. The summed E-state index contributed by atoms with van der Waals surface area (Å²) in [4.78, 5) is 15.1. The highest BCUT2D eigenvalue weighted by Crippen LogP contribution is 2.23. The zero-order chi connectivity index (χ0) is 12.4. The topological polar surface area (TPSA) is 59.4 Å². The van der Waals surface area contributed by atoms with Gasteiger partial charge in [-0.15, -0.1) is 0 Å². The first-order valence-corrected chi connectivity index (χ1v) is 5.26. The van der Waals surface area contributed by atoms with Gasteiger partial charge in [-0.1, -0.05) is 11.6 Å². The van der Waals surface area contributed by atoms with Gasteiger partial charge in [-0.25, -0.2) is 4.98 Å². The first-order chi connectivity index (χ1) is 8.10. The summed E-state index contributed by atoms with van der Waals surface area (Å²) >= 11 is 0. The SMILES string of the molecule is COc1cc(CC(=O)O)c2cc(C)ccc2n1. The monoisotopic (exact) mass is 231 g/mol. The molecule has 88 valence electrons. The maximum Gasteiger partial charge on any atom is 0.307 e. The van der Waals surface area contributed by atoms with Crippen molar-refractivity contribution in [3.63, 3.8) is 0 Å². The van der Waals surface area contributed by atoms with Gasteiger partial charge in [0.2, 0.25) is 5.88 Å². The molecule has 0 unspecified atom stereocenters. The van der Waals surface area contributed by atoms with Gasteiger partial charge in [-0.2, -0.15) is 0 Å². The first-order valence-electron chi connectivity index (χ1n) is 5.26. The van der Waals surface area contributed by atoms with Crippen LogP contribution in [-0.4, -0.2) is 23.2 Å². The van der Waals surface area contributed by atoms with Crippen molar-refractivity contribution in [2.75, 3.05) is 7.11 Å². The summed E-state index contributed by atoms with van der Waals surface area (Å²) < 4.78 is 5.07. The van der Waals surface area contributed by atoms with E-state index in [-0.39, 0.29) is 6.42 Å². The van der Waals surface area contributed by atoms with Gasteiger partial charge in [0, 0.05) is 11.5 Å². The van der Waals surface area contributed by atoms with Gasteiger partial charge in [-0.05, 0) is 24.6 Å². The molecule has 0 amide bonds. The molecule has 0 spiro atoms. The van der Waals surface area contributed by atoms with Crippen LogP contribution in [0.5, 0.6) is 5.88 Å². The van der Waals surface area contributed by atoms with Crippen molar-refractivity contribution in [3.05, 3.63) is 35.4 Å². The summed E-state index contributed by atoms with van der Waals surface area (Å²) in [5, 5.41) is 9.77. The Hall–Kier alpha value is -2.10. The standard InChI is InChI=1S/C13H13NO3/c1-8-3-4-11-10(5-8)9(7-13(15)16)6-12(14-11)17-2/h3-6H,7H2,1-2H3,(H,15,16). The molecule has 0 fully saturated rings. The van der Waals surface area contributed by atoms with Crippen LogP contribution in [0.1, 0.15) is 11.1 Å². The molecule has 1 aromatic heterocycles. The molecule has 0 radical (unpaired) electrons. The highest BCUT2D eigenvalue weighted by molar-refractivity contribution is 5.87. The second-order valence-electron chi connectivity index (χ2n) is 3.91. The van der Waals surface area contributed by atoms with Gasteiger partial charge in [0.15, 0.2) is 0 Å². The Bertz CT molecular complexity index is 578. The lowest BCUT2D eigenvalue weighted by molar-refractivity contribution is -0.136. The second-order valence-corrected chi connectivity index (χ2v) is 3.91. The molecule has 0 aliphatic rings. The number of carbonyl (C=O) groups is 1. The van der Waals surface area contributed by atoms with Crippen molar-refractivity contribution in [1.29, 1.82) is 0 Å². The van der Waals surface area contributed by atoms with Gasteiger partial charge in [0.25, 0.3) is 0 Å². The average Bonchev–Trinajstić information content (AvgIpc) is 2.28. The Morgan fingerprint density at radius 1 is 1.41 bits per heavy atom. The fraction of sp³-hybridized carbons (Fsp3) is 0.231. The Kier molecular flexibility index (Phi) is 2.95. The van der Waals surface area contributed by atoms with E-state index in [2.05, 4.69) is 4.98 Å². The van der Waals surface area contributed by atoms with Crippen molar-refractivity contribution in [2.45, 2.75) is 13.3 Å². The third kappa shape index (κ3) is 2.36. The fourth-order valence-electron chi connectivity index (χ4n) is 1.80. The van der Waals surface area contributed by atoms with E-state index in [0.29, 0.717) is 5.88 Å². The van der Waals surface area contributed by atoms with Crippen LogP contribution in [-0.2, 0) is 11.2 Å². The number of rotatable bonds is 3. The molecular weight excluding hydrogens is 218 g/mol. The average molecular weight is 231 g/mol. The van der Waals surface area contributed by atoms with E-state index in [0.717, 1.165) is 22.0 Å². The molecule has 0 aliphatic heterocycles. The predicted octanol–water partition coefficient (Wildman–Crippen LogP) is 2.18. The zero-order valence-electron chi connectivity index (χ0n) is 9.73. The maximum atomic E-state index is 10.8. The van der Waals surface area contributed by atoms with Crippen molar-refractivity contribution in [1.82, 2.24) is 4.98 Å². The number of aliphatic carboxylic acids is 1. The molecule has 1 aromatic carbocycles. The van der Waals surface area contributed by atoms with Crippen LogP contribution in [0.4, 0.5) is 0 Å². The minimum atomic E-state index is -0.860. The number of benzene rings is 1. The second kappa shape index (κ2) is 4.41. The highest BCUT2D eigenvalue weighted by Gasteiger charge is 2.09. The lowest BCUT2D eigenvalue weighted by Crippen LogP contribution is -2.02. The summed E-state index contributed by atoms with van der Waals surface area (Å²) in [6.45, 7) is 1.97. The van der Waals surface area contributed by atoms with E-state index < -0.39 is 5.97 Å². The van der Waals surface area contributed by atoms with E-state index in [1.54, 1.807) is 6.07 Å². The Balaban J connectivity index is 2.67. The van der Waals surface area contributed by atoms with Crippen LogP contribution >= 0.6 is 0 Å². The van der Waals surface area contributed by atoms with Gasteiger partial charge < -0.3 is 9.84 Å². The number of hydrogen-bond acceptors (Lipinski definition) is 3. The van der Waals surface area contributed by atoms with E-state index >= 15 is 0 Å². The Morgan fingerprint density at radius 2 is 2.18 bits per heavy atom. The molecular formula is C13H13NO3. The lowest BCUT2D eigenvalue weighted by Gasteiger charge is -2.08. The van der Waals surface area contributed by atoms with Crippen LogP contribution in [0, 0.1) is 6.92 Å². The number of pyridine rings is 1. The number of aryl methyl sites for hydroxylation is 1. The number of nitrogens with zero attached hydrogens (tertiary/aromatic N) is 1. The molecule has 4 heteroatoms. The molecule has 0 atom stereocenters. The number of carboxylic acid groups (broad SMARTS) is 1. The molecule has 0 saturated heterocycles. The molecule has 1 N–H and O–H groups in total. The quantitative estimate of drug-likeness (QED) is 0.879. The van der Waals surface area contributed by atoms with Crippen molar-refractivity contribution in [3.8, 4) is 5.88 Å². The van der Waals surface area contributed by atoms with Gasteiger partial charge in [0.05, 0.1) is 19.0 Å². The largest absolute Gasteiger partial charge is 0.481 e. The fourth-order valence-corrected chi connectivity index (χ4v) is 1.80. The van der Waals surface area contributed by atoms with Gasteiger partial charge in [0.1, 0.15) is 0 Å². The van der Waals surface area contributed by atoms with Gasteiger partial charge in [-0.3, -0.25) is 4.79 Å². The molecule has 17 heavy (non-hydrogen) atoms. The molecule has 0 bridgehead atoms. The van der Waals surface area contributed by atoms with Crippen LogP contribution in [0.25, 0.3) is 10.9 Å². The summed E-state index contributed by atoms with van der Waals surface area (Å²) in [6, 6.07) is 7.44.